The molecule has 2 amide bonds. The molecule has 9 nitrogen and oxygen atoms in total. The molecule has 0 bridgehead atoms. The van der Waals surface area contributed by atoms with Gasteiger partial charge in [0.1, 0.15) is 0 Å². The van der Waals surface area contributed by atoms with E-state index in [1.54, 1.807) is 28.0 Å². The molecule has 1 aliphatic heterocycles. The fraction of sp³-hybridized carbons (Fsp3) is 0.333. The lowest BCUT2D eigenvalue weighted by Gasteiger charge is -2.22. The average molecular weight is 416 g/mol. The molecular formula is C21H24N2O7. The highest BCUT2D eigenvalue weighted by atomic mass is 16.5. The number of ether oxygens (including phenoxy) is 2. The first-order chi connectivity index (χ1) is 14.4. The van der Waals surface area contributed by atoms with E-state index in [2.05, 4.69) is 0 Å². The number of amides is 2. The molecule has 160 valence electrons. The van der Waals surface area contributed by atoms with Crippen molar-refractivity contribution in [1.29, 1.82) is 0 Å². The Hall–Kier alpha value is -3.62. The van der Waals surface area contributed by atoms with Gasteiger partial charge in [-0.05, 0) is 30.7 Å². The Morgan fingerprint density at radius 3 is 2.20 bits per heavy atom. The van der Waals surface area contributed by atoms with Crippen molar-refractivity contribution in [3.8, 4) is 28.7 Å². The highest BCUT2D eigenvalue weighted by Gasteiger charge is 2.24. The number of phenols is 3. The van der Waals surface area contributed by atoms with Crippen molar-refractivity contribution in [2.45, 2.75) is 6.42 Å². The monoisotopic (exact) mass is 416 g/mol. The van der Waals surface area contributed by atoms with Crippen LogP contribution in [-0.4, -0.2) is 76.8 Å². The number of carbonyl (C=O) groups excluding carboxylic acids is 2. The number of benzene rings is 2. The maximum absolute atomic E-state index is 12.7. The third-order valence-corrected chi connectivity index (χ3v) is 4.87. The molecule has 0 spiro atoms. The Morgan fingerprint density at radius 1 is 0.933 bits per heavy atom. The van der Waals surface area contributed by atoms with E-state index in [4.69, 9.17) is 9.47 Å². The number of methoxy groups -OCH3 is 1. The molecule has 3 rings (SSSR count). The Morgan fingerprint density at radius 2 is 1.53 bits per heavy atom. The Balaban J connectivity index is 1.59. The van der Waals surface area contributed by atoms with Crippen molar-refractivity contribution in [3.05, 3.63) is 42.0 Å². The van der Waals surface area contributed by atoms with Crippen molar-refractivity contribution >= 4 is 11.8 Å². The second kappa shape index (κ2) is 9.25. The predicted molar refractivity (Wildman–Crippen MR) is 107 cm³/mol. The van der Waals surface area contributed by atoms with E-state index in [1.807, 2.05) is 6.07 Å². The fourth-order valence-corrected chi connectivity index (χ4v) is 3.25. The summed E-state index contributed by atoms with van der Waals surface area (Å²) in [6.45, 7) is 1.37. The first-order valence-electron chi connectivity index (χ1n) is 9.48. The lowest BCUT2D eigenvalue weighted by molar-refractivity contribution is -0.133. The Bertz CT molecular complexity index is 908. The number of hydrogen-bond donors (Lipinski definition) is 3. The highest BCUT2D eigenvalue weighted by molar-refractivity contribution is 5.95. The topological polar surface area (TPSA) is 120 Å². The molecule has 2 aromatic rings. The molecule has 0 aromatic heterocycles. The van der Waals surface area contributed by atoms with Gasteiger partial charge in [-0.2, -0.15) is 0 Å². The minimum absolute atomic E-state index is 0.0575. The molecule has 2 aromatic carbocycles. The zero-order valence-electron chi connectivity index (χ0n) is 16.6. The van der Waals surface area contributed by atoms with Crippen molar-refractivity contribution in [3.63, 3.8) is 0 Å². The largest absolute Gasteiger partial charge is 0.504 e. The molecule has 0 radical (unpaired) electrons. The van der Waals surface area contributed by atoms with Gasteiger partial charge < -0.3 is 34.6 Å². The van der Waals surface area contributed by atoms with E-state index in [0.717, 1.165) is 12.1 Å². The van der Waals surface area contributed by atoms with Crippen LogP contribution in [0, 0.1) is 0 Å². The van der Waals surface area contributed by atoms with Crippen LogP contribution in [0.4, 0.5) is 0 Å². The maximum atomic E-state index is 12.7. The highest BCUT2D eigenvalue weighted by Crippen LogP contribution is 2.35. The van der Waals surface area contributed by atoms with Crippen molar-refractivity contribution in [1.82, 2.24) is 9.80 Å². The van der Waals surface area contributed by atoms with E-state index in [1.165, 1.54) is 7.11 Å². The summed E-state index contributed by atoms with van der Waals surface area (Å²) in [6.07, 6.45) is 0.572. The van der Waals surface area contributed by atoms with Crippen molar-refractivity contribution < 1.29 is 34.4 Å². The van der Waals surface area contributed by atoms with Crippen LogP contribution in [0.3, 0.4) is 0 Å². The summed E-state index contributed by atoms with van der Waals surface area (Å²) in [5, 5.41) is 28.7. The Labute approximate surface area is 173 Å². The first kappa shape index (κ1) is 21.1. The number of nitrogens with zero attached hydrogens (tertiary/aromatic N) is 2. The van der Waals surface area contributed by atoms with Crippen LogP contribution >= 0.6 is 0 Å². The summed E-state index contributed by atoms with van der Waals surface area (Å²) in [5.74, 6) is -1.40. The van der Waals surface area contributed by atoms with Gasteiger partial charge >= 0.3 is 0 Å². The van der Waals surface area contributed by atoms with Crippen LogP contribution in [0.15, 0.2) is 36.4 Å². The summed E-state index contributed by atoms with van der Waals surface area (Å²) in [6, 6.07) is 9.27. The van der Waals surface area contributed by atoms with Gasteiger partial charge in [-0.1, -0.05) is 12.1 Å². The zero-order chi connectivity index (χ0) is 21.7. The summed E-state index contributed by atoms with van der Waals surface area (Å²) in [7, 11) is 1.53. The SMILES string of the molecule is COc1ccccc1OCC(=O)N1CCCN(C(=O)c2cc(O)c(O)c(O)c2)CC1. The third-order valence-electron chi connectivity index (χ3n) is 4.87. The summed E-state index contributed by atoms with van der Waals surface area (Å²) in [4.78, 5) is 28.4. The second-order valence-corrected chi connectivity index (χ2v) is 6.83. The molecule has 1 heterocycles. The number of hydrogen-bond acceptors (Lipinski definition) is 7. The van der Waals surface area contributed by atoms with Crippen LogP contribution in [0.1, 0.15) is 16.8 Å². The molecule has 0 saturated carbocycles. The van der Waals surface area contributed by atoms with Gasteiger partial charge in [0.2, 0.25) is 0 Å². The van der Waals surface area contributed by atoms with Gasteiger partial charge in [0.05, 0.1) is 7.11 Å². The predicted octanol–water partition coefficient (Wildman–Crippen LogP) is 1.57. The molecule has 0 aliphatic carbocycles. The van der Waals surface area contributed by atoms with Gasteiger partial charge in [0, 0.05) is 31.7 Å². The third kappa shape index (κ3) is 4.68. The van der Waals surface area contributed by atoms with Gasteiger partial charge in [-0.3, -0.25) is 9.59 Å². The van der Waals surface area contributed by atoms with E-state index in [9.17, 15) is 24.9 Å². The summed E-state index contributed by atoms with van der Waals surface area (Å²) >= 11 is 0. The van der Waals surface area contributed by atoms with E-state index in [0.29, 0.717) is 44.1 Å². The number of phenolic OH excluding ortho intramolecular Hbond substituents is 3. The Kier molecular flexibility index (Phi) is 6.51. The number of para-hydroxylation sites is 2. The van der Waals surface area contributed by atoms with Crippen LogP contribution < -0.4 is 9.47 Å². The number of aromatic hydroxyl groups is 3. The van der Waals surface area contributed by atoms with Crippen molar-refractivity contribution in [2.24, 2.45) is 0 Å². The second-order valence-electron chi connectivity index (χ2n) is 6.83. The number of rotatable bonds is 5. The fourth-order valence-electron chi connectivity index (χ4n) is 3.25. The molecule has 3 N–H and O–H groups in total. The summed E-state index contributed by atoms with van der Waals surface area (Å²) in [5.41, 5.74) is 0.0575. The van der Waals surface area contributed by atoms with Crippen LogP contribution in [0.5, 0.6) is 28.7 Å². The molecule has 1 fully saturated rings. The molecular weight excluding hydrogens is 392 g/mol. The van der Waals surface area contributed by atoms with Gasteiger partial charge in [0.25, 0.3) is 11.8 Å². The minimum atomic E-state index is -0.672. The van der Waals surface area contributed by atoms with Gasteiger partial charge in [0.15, 0.2) is 35.4 Å². The van der Waals surface area contributed by atoms with Gasteiger partial charge in [-0.15, -0.1) is 0 Å². The quantitative estimate of drug-likeness (QED) is 0.633. The number of carbonyl (C=O) groups is 2. The molecule has 30 heavy (non-hydrogen) atoms. The molecule has 1 aliphatic rings. The lowest BCUT2D eigenvalue weighted by atomic mass is 10.1. The van der Waals surface area contributed by atoms with E-state index in [-0.39, 0.29) is 18.1 Å². The smallest absolute Gasteiger partial charge is 0.260 e. The van der Waals surface area contributed by atoms with E-state index >= 15 is 0 Å². The summed E-state index contributed by atoms with van der Waals surface area (Å²) < 4.78 is 10.8. The van der Waals surface area contributed by atoms with Crippen molar-refractivity contribution in [2.75, 3.05) is 39.9 Å². The van der Waals surface area contributed by atoms with Crippen LogP contribution in [0.2, 0.25) is 0 Å². The lowest BCUT2D eigenvalue weighted by Crippen LogP contribution is -2.39. The molecule has 0 unspecified atom stereocenters. The van der Waals surface area contributed by atoms with Gasteiger partial charge in [-0.25, -0.2) is 0 Å². The van der Waals surface area contributed by atoms with E-state index < -0.39 is 23.2 Å². The molecule has 0 atom stereocenters. The molecule has 1 saturated heterocycles. The standard InChI is InChI=1S/C21H24N2O7/c1-29-17-5-2-3-6-18(17)30-13-19(26)22-7-4-8-23(10-9-22)21(28)14-11-15(24)20(27)16(25)12-14/h2-3,5-6,11-12,24-25,27H,4,7-10,13H2,1H3. The minimum Gasteiger partial charge on any atom is -0.504 e. The zero-order valence-corrected chi connectivity index (χ0v) is 16.6. The maximum Gasteiger partial charge on any atom is 0.260 e. The normalized spacial score (nSPS) is 14.2. The van der Waals surface area contributed by atoms with Crippen LogP contribution in [-0.2, 0) is 4.79 Å². The first-order valence-corrected chi connectivity index (χ1v) is 9.48. The molecule has 9 heteroatoms. The average Bonchev–Trinajstić information content (AvgIpc) is 3.01. The van der Waals surface area contributed by atoms with Crippen LogP contribution in [0.25, 0.3) is 0 Å².